The Morgan fingerprint density at radius 2 is 1.80 bits per heavy atom. The summed E-state index contributed by atoms with van der Waals surface area (Å²) in [5, 5.41) is 7.88. The highest BCUT2D eigenvalue weighted by molar-refractivity contribution is 7.80. The van der Waals surface area contributed by atoms with Gasteiger partial charge in [-0.25, -0.2) is 0 Å². The number of nitrogens with one attached hydrogen (secondary N) is 2. The van der Waals surface area contributed by atoms with Crippen molar-refractivity contribution in [1.29, 1.82) is 0 Å². The van der Waals surface area contributed by atoms with E-state index in [1.807, 2.05) is 31.2 Å². The van der Waals surface area contributed by atoms with Crippen LogP contribution in [-0.2, 0) is 0 Å². The first-order valence-corrected chi connectivity index (χ1v) is 7.52. The molecule has 0 atom stereocenters. The number of anilines is 1. The maximum atomic E-state index is 5.22. The standard InChI is InChI=1S/C15H17N3S2/c1-10-4-7-13(8-5-10)16-15(19)18-17-12(3)14-9-6-11(2)20-14/h4-9H,1-3H3,(H2,16,18,19)/b17-12-. The fourth-order valence-corrected chi connectivity index (χ4v) is 2.59. The van der Waals surface area contributed by atoms with Crippen LogP contribution in [0.15, 0.2) is 41.5 Å². The van der Waals surface area contributed by atoms with Crippen LogP contribution in [0.4, 0.5) is 5.69 Å². The topological polar surface area (TPSA) is 36.4 Å². The zero-order valence-corrected chi connectivity index (χ0v) is 13.4. The van der Waals surface area contributed by atoms with Gasteiger partial charge in [0.15, 0.2) is 5.11 Å². The highest BCUT2D eigenvalue weighted by Crippen LogP contribution is 2.15. The Morgan fingerprint density at radius 1 is 1.10 bits per heavy atom. The van der Waals surface area contributed by atoms with E-state index in [0.717, 1.165) is 16.3 Å². The maximum Gasteiger partial charge on any atom is 0.191 e. The molecule has 2 rings (SSSR count). The molecule has 1 heterocycles. The summed E-state index contributed by atoms with van der Waals surface area (Å²) in [4.78, 5) is 2.42. The number of rotatable bonds is 3. The van der Waals surface area contributed by atoms with E-state index >= 15 is 0 Å². The molecule has 0 aliphatic carbocycles. The zero-order valence-electron chi connectivity index (χ0n) is 11.7. The molecule has 0 bridgehead atoms. The van der Waals surface area contributed by atoms with Crippen LogP contribution < -0.4 is 10.7 Å². The molecule has 1 aromatic heterocycles. The molecule has 0 aliphatic heterocycles. The zero-order chi connectivity index (χ0) is 14.5. The van der Waals surface area contributed by atoms with Crippen molar-refractivity contribution in [2.24, 2.45) is 5.10 Å². The Labute approximate surface area is 128 Å². The van der Waals surface area contributed by atoms with Crippen LogP contribution in [0, 0.1) is 13.8 Å². The molecule has 2 N–H and O–H groups in total. The summed E-state index contributed by atoms with van der Waals surface area (Å²) < 4.78 is 0. The number of thiocarbonyl (C=S) groups is 1. The third-order valence-corrected chi connectivity index (χ3v) is 4.03. The van der Waals surface area contributed by atoms with Gasteiger partial charge in [-0.05, 0) is 57.3 Å². The van der Waals surface area contributed by atoms with E-state index in [1.165, 1.54) is 10.4 Å². The number of benzene rings is 1. The van der Waals surface area contributed by atoms with Crippen LogP contribution in [0.5, 0.6) is 0 Å². The molecule has 0 saturated carbocycles. The van der Waals surface area contributed by atoms with Crippen molar-refractivity contribution >= 4 is 40.1 Å². The van der Waals surface area contributed by atoms with E-state index in [4.69, 9.17) is 12.2 Å². The molecule has 1 aromatic carbocycles. The summed E-state index contributed by atoms with van der Waals surface area (Å²) in [7, 11) is 0. The Balaban J connectivity index is 1.93. The van der Waals surface area contributed by atoms with Gasteiger partial charge in [-0.1, -0.05) is 17.7 Å². The fraction of sp³-hybridized carbons (Fsp3) is 0.200. The summed E-state index contributed by atoms with van der Waals surface area (Å²) in [5.41, 5.74) is 5.97. The molecule has 0 radical (unpaired) electrons. The second kappa shape index (κ2) is 6.63. The molecule has 20 heavy (non-hydrogen) atoms. The lowest BCUT2D eigenvalue weighted by molar-refractivity contribution is 1.04. The lowest BCUT2D eigenvalue weighted by Crippen LogP contribution is -2.24. The van der Waals surface area contributed by atoms with Gasteiger partial charge >= 0.3 is 0 Å². The average Bonchev–Trinajstić information content (AvgIpc) is 2.85. The first-order chi connectivity index (χ1) is 9.54. The predicted molar refractivity (Wildman–Crippen MR) is 91.8 cm³/mol. The fourth-order valence-electron chi connectivity index (χ4n) is 1.61. The molecule has 0 unspecified atom stereocenters. The molecular formula is C15H17N3S2. The van der Waals surface area contributed by atoms with Crippen molar-refractivity contribution in [3.63, 3.8) is 0 Å². The molecule has 104 valence electrons. The molecule has 5 heteroatoms. The summed E-state index contributed by atoms with van der Waals surface area (Å²) in [6.07, 6.45) is 0. The van der Waals surface area contributed by atoms with Gasteiger partial charge in [0.1, 0.15) is 0 Å². The normalized spacial score (nSPS) is 11.2. The highest BCUT2D eigenvalue weighted by Gasteiger charge is 2.01. The lowest BCUT2D eigenvalue weighted by atomic mass is 10.2. The van der Waals surface area contributed by atoms with Gasteiger partial charge in [-0.2, -0.15) is 5.10 Å². The summed E-state index contributed by atoms with van der Waals surface area (Å²) in [5.74, 6) is 0. The summed E-state index contributed by atoms with van der Waals surface area (Å²) >= 11 is 6.94. The second-order valence-electron chi connectivity index (χ2n) is 4.54. The number of hydrazone groups is 1. The number of thiophene rings is 1. The number of hydrogen-bond acceptors (Lipinski definition) is 3. The molecule has 2 aromatic rings. The minimum atomic E-state index is 0.487. The number of hydrogen-bond donors (Lipinski definition) is 2. The number of aryl methyl sites for hydroxylation is 2. The van der Waals surface area contributed by atoms with Crippen LogP contribution in [-0.4, -0.2) is 10.8 Å². The van der Waals surface area contributed by atoms with Crippen molar-refractivity contribution in [2.45, 2.75) is 20.8 Å². The van der Waals surface area contributed by atoms with Gasteiger partial charge in [-0.15, -0.1) is 11.3 Å². The van der Waals surface area contributed by atoms with Gasteiger partial charge in [0.05, 0.1) is 10.6 Å². The highest BCUT2D eigenvalue weighted by atomic mass is 32.1. The van der Waals surface area contributed by atoms with Gasteiger partial charge in [0, 0.05) is 10.6 Å². The van der Waals surface area contributed by atoms with Gasteiger partial charge in [0.2, 0.25) is 0 Å². The predicted octanol–water partition coefficient (Wildman–Crippen LogP) is 4.08. The Morgan fingerprint density at radius 3 is 2.40 bits per heavy atom. The van der Waals surface area contributed by atoms with Crippen LogP contribution in [0.25, 0.3) is 0 Å². The SMILES string of the molecule is C/C(=N/NC(=S)Nc1ccc(C)cc1)c1ccc(C)s1. The third-order valence-electron chi connectivity index (χ3n) is 2.73. The van der Waals surface area contributed by atoms with Crippen molar-refractivity contribution in [3.05, 3.63) is 51.7 Å². The van der Waals surface area contributed by atoms with Crippen LogP contribution in [0.1, 0.15) is 22.2 Å². The maximum absolute atomic E-state index is 5.22. The third kappa shape index (κ3) is 4.15. The first kappa shape index (κ1) is 14.7. The summed E-state index contributed by atoms with van der Waals surface area (Å²) in [6, 6.07) is 12.2. The van der Waals surface area contributed by atoms with Crippen LogP contribution in [0.3, 0.4) is 0 Å². The molecule has 3 nitrogen and oxygen atoms in total. The smallest absolute Gasteiger partial charge is 0.191 e. The minimum absolute atomic E-state index is 0.487. The molecule has 0 spiro atoms. The van der Waals surface area contributed by atoms with E-state index < -0.39 is 0 Å². The van der Waals surface area contributed by atoms with Gasteiger partial charge in [0.25, 0.3) is 0 Å². The Kier molecular flexibility index (Phi) is 4.87. The molecule has 0 fully saturated rings. The van der Waals surface area contributed by atoms with Crippen molar-refractivity contribution in [1.82, 2.24) is 5.43 Å². The minimum Gasteiger partial charge on any atom is -0.331 e. The van der Waals surface area contributed by atoms with Crippen molar-refractivity contribution < 1.29 is 0 Å². The molecule has 0 saturated heterocycles. The van der Waals surface area contributed by atoms with Crippen molar-refractivity contribution in [3.8, 4) is 0 Å². The molecule has 0 amide bonds. The largest absolute Gasteiger partial charge is 0.331 e. The summed E-state index contributed by atoms with van der Waals surface area (Å²) in [6.45, 7) is 6.10. The van der Waals surface area contributed by atoms with Crippen molar-refractivity contribution in [2.75, 3.05) is 5.32 Å². The quantitative estimate of drug-likeness (QED) is 0.510. The lowest BCUT2D eigenvalue weighted by Gasteiger charge is -2.07. The van der Waals surface area contributed by atoms with Crippen LogP contribution in [0.2, 0.25) is 0 Å². The average molecular weight is 303 g/mol. The van der Waals surface area contributed by atoms with Gasteiger partial charge < -0.3 is 5.32 Å². The number of nitrogens with zero attached hydrogens (tertiary/aromatic N) is 1. The second-order valence-corrected chi connectivity index (χ2v) is 6.24. The monoisotopic (exact) mass is 303 g/mol. The van der Waals surface area contributed by atoms with Gasteiger partial charge in [-0.3, -0.25) is 5.43 Å². The molecule has 0 aliphatic rings. The van der Waals surface area contributed by atoms with E-state index in [1.54, 1.807) is 11.3 Å². The van der Waals surface area contributed by atoms with E-state index in [-0.39, 0.29) is 0 Å². The first-order valence-electron chi connectivity index (χ1n) is 6.29. The van der Waals surface area contributed by atoms with E-state index in [0.29, 0.717) is 5.11 Å². The van der Waals surface area contributed by atoms with E-state index in [2.05, 4.69) is 41.8 Å². The van der Waals surface area contributed by atoms with Crippen LogP contribution >= 0.6 is 23.6 Å². The Bertz CT molecular complexity index is 627. The molecular weight excluding hydrogens is 286 g/mol. The Hall–Kier alpha value is -1.72. The van der Waals surface area contributed by atoms with E-state index in [9.17, 15) is 0 Å².